The van der Waals surface area contributed by atoms with Crippen LogP contribution in [0.25, 0.3) is 10.2 Å². The first kappa shape index (κ1) is 16.2. The molecular weight excluding hydrogens is 400 g/mol. The third-order valence-corrected chi connectivity index (χ3v) is 6.46. The monoisotopic (exact) mass is 412 g/mol. The average molecular weight is 413 g/mol. The fourth-order valence-corrected chi connectivity index (χ4v) is 5.01. The van der Waals surface area contributed by atoms with E-state index in [1.807, 2.05) is 19.1 Å². The van der Waals surface area contributed by atoms with E-state index in [2.05, 4.69) is 20.7 Å². The summed E-state index contributed by atoms with van der Waals surface area (Å²) < 4.78 is 30.5. The highest BCUT2D eigenvalue weighted by Gasteiger charge is 2.17. The lowest BCUT2D eigenvalue weighted by Gasteiger charge is -2.10. The van der Waals surface area contributed by atoms with Crippen molar-refractivity contribution in [3.63, 3.8) is 0 Å². The molecule has 0 amide bonds. The highest BCUT2D eigenvalue weighted by Crippen LogP contribution is 2.27. The molecule has 3 aromatic rings. The van der Waals surface area contributed by atoms with Crippen LogP contribution in [0.15, 0.2) is 50.6 Å². The smallest absolute Gasteiger partial charge is 0.302 e. The summed E-state index contributed by atoms with van der Waals surface area (Å²) in [5.74, 6) is 0. The Hall–Kier alpha value is -1.64. The minimum absolute atomic E-state index is 0.121. The first-order valence-corrected chi connectivity index (χ1v) is 9.76. The summed E-state index contributed by atoms with van der Waals surface area (Å²) in [5, 5.41) is 0. The van der Waals surface area contributed by atoms with E-state index in [1.165, 1.54) is 16.7 Å². The van der Waals surface area contributed by atoms with Gasteiger partial charge in [-0.05, 0) is 58.7 Å². The highest BCUT2D eigenvalue weighted by molar-refractivity contribution is 9.10. The first-order valence-electron chi connectivity index (χ1n) is 6.66. The summed E-state index contributed by atoms with van der Waals surface area (Å²) in [5.41, 5.74) is 2.21. The fourth-order valence-electron chi connectivity index (χ4n) is 2.19. The second-order valence-corrected chi connectivity index (χ2v) is 8.68. The van der Waals surface area contributed by atoms with E-state index < -0.39 is 10.0 Å². The molecule has 120 valence electrons. The number of anilines is 1. The number of aromatic nitrogens is 1. The Labute approximate surface area is 145 Å². The van der Waals surface area contributed by atoms with E-state index in [4.69, 9.17) is 0 Å². The van der Waals surface area contributed by atoms with Crippen molar-refractivity contribution in [2.24, 2.45) is 7.05 Å². The Morgan fingerprint density at radius 3 is 2.61 bits per heavy atom. The number of hydrogen-bond acceptors (Lipinski definition) is 4. The van der Waals surface area contributed by atoms with Gasteiger partial charge in [0.2, 0.25) is 0 Å². The normalized spacial score (nSPS) is 11.8. The van der Waals surface area contributed by atoms with Gasteiger partial charge in [0, 0.05) is 11.5 Å². The van der Waals surface area contributed by atoms with Crippen LogP contribution in [-0.2, 0) is 17.1 Å². The van der Waals surface area contributed by atoms with Gasteiger partial charge in [-0.3, -0.25) is 9.52 Å². The molecule has 0 aliphatic heterocycles. The van der Waals surface area contributed by atoms with Crippen molar-refractivity contribution in [3.8, 4) is 0 Å². The number of benzene rings is 2. The molecule has 0 aliphatic rings. The van der Waals surface area contributed by atoms with Crippen LogP contribution in [0, 0.1) is 6.92 Å². The highest BCUT2D eigenvalue weighted by atomic mass is 79.9. The van der Waals surface area contributed by atoms with Gasteiger partial charge >= 0.3 is 4.87 Å². The summed E-state index contributed by atoms with van der Waals surface area (Å²) in [6.45, 7) is 1.92. The van der Waals surface area contributed by atoms with E-state index in [0.717, 1.165) is 22.4 Å². The molecule has 0 aliphatic carbocycles. The van der Waals surface area contributed by atoms with Crippen molar-refractivity contribution >= 4 is 53.2 Å². The summed E-state index contributed by atoms with van der Waals surface area (Å²) in [7, 11) is -2.06. The van der Waals surface area contributed by atoms with Crippen LogP contribution in [0.4, 0.5) is 5.69 Å². The number of nitrogens with zero attached hydrogens (tertiary/aromatic N) is 1. The lowest BCUT2D eigenvalue weighted by atomic mass is 10.2. The first-order chi connectivity index (χ1) is 10.8. The van der Waals surface area contributed by atoms with Gasteiger partial charge in [-0.1, -0.05) is 17.4 Å². The zero-order valence-corrected chi connectivity index (χ0v) is 15.5. The summed E-state index contributed by atoms with van der Waals surface area (Å²) in [4.78, 5) is 11.7. The molecule has 23 heavy (non-hydrogen) atoms. The molecular formula is C15H13BrN2O3S2. The van der Waals surface area contributed by atoms with Crippen molar-refractivity contribution < 1.29 is 8.42 Å². The number of thiazole rings is 1. The molecule has 5 nitrogen and oxygen atoms in total. The number of halogens is 1. The van der Waals surface area contributed by atoms with Crippen LogP contribution in [-0.4, -0.2) is 13.0 Å². The van der Waals surface area contributed by atoms with Crippen LogP contribution in [0.5, 0.6) is 0 Å². The van der Waals surface area contributed by atoms with Gasteiger partial charge in [-0.15, -0.1) is 0 Å². The Morgan fingerprint density at radius 2 is 1.91 bits per heavy atom. The van der Waals surface area contributed by atoms with Gasteiger partial charge in [0.05, 0.1) is 20.8 Å². The molecule has 2 aromatic carbocycles. The molecule has 0 spiro atoms. The van der Waals surface area contributed by atoms with Gasteiger partial charge in [-0.25, -0.2) is 8.42 Å². The summed E-state index contributed by atoms with van der Waals surface area (Å²) in [6, 6.07) is 10.0. The van der Waals surface area contributed by atoms with Gasteiger partial charge in [0.15, 0.2) is 0 Å². The second-order valence-electron chi connectivity index (χ2n) is 5.15. The minimum Gasteiger partial charge on any atom is -0.302 e. The standard InChI is InChI=1S/C15H13BrN2O3S2/c1-9-3-5-12(11(16)7-9)17-23(20,21)10-4-6-13-14(8-10)22-15(19)18(13)2/h3-8,17H,1-2H3. The minimum atomic E-state index is -3.73. The molecule has 0 unspecified atom stereocenters. The maximum absolute atomic E-state index is 12.6. The van der Waals surface area contributed by atoms with Crippen LogP contribution in [0.2, 0.25) is 0 Å². The summed E-state index contributed by atoms with van der Waals surface area (Å²) in [6.07, 6.45) is 0. The van der Waals surface area contributed by atoms with Crippen LogP contribution in [0.3, 0.4) is 0 Å². The molecule has 1 N–H and O–H groups in total. The van der Waals surface area contributed by atoms with E-state index in [9.17, 15) is 13.2 Å². The van der Waals surface area contributed by atoms with E-state index in [0.29, 0.717) is 14.9 Å². The van der Waals surface area contributed by atoms with Gasteiger partial charge < -0.3 is 4.57 Å². The van der Waals surface area contributed by atoms with Crippen molar-refractivity contribution in [1.82, 2.24) is 4.57 Å². The Balaban J connectivity index is 2.04. The van der Waals surface area contributed by atoms with Gasteiger partial charge in [-0.2, -0.15) is 0 Å². The molecule has 0 bridgehead atoms. The lowest BCUT2D eigenvalue weighted by molar-refractivity contribution is 0.601. The molecule has 1 heterocycles. The lowest BCUT2D eigenvalue weighted by Crippen LogP contribution is -2.13. The van der Waals surface area contributed by atoms with E-state index >= 15 is 0 Å². The maximum Gasteiger partial charge on any atom is 0.307 e. The third kappa shape index (κ3) is 3.06. The van der Waals surface area contributed by atoms with Crippen LogP contribution in [0.1, 0.15) is 5.56 Å². The number of aryl methyl sites for hydroxylation is 2. The Bertz CT molecular complexity index is 1070. The molecule has 1 aromatic heterocycles. The number of rotatable bonds is 3. The van der Waals surface area contributed by atoms with Crippen molar-refractivity contribution in [1.29, 1.82) is 0 Å². The van der Waals surface area contributed by atoms with Crippen molar-refractivity contribution in [2.75, 3.05) is 4.72 Å². The Morgan fingerprint density at radius 1 is 1.17 bits per heavy atom. The molecule has 0 fully saturated rings. The number of fused-ring (bicyclic) bond motifs is 1. The van der Waals surface area contributed by atoms with Crippen LogP contribution < -0.4 is 9.60 Å². The van der Waals surface area contributed by atoms with Crippen LogP contribution >= 0.6 is 27.3 Å². The fraction of sp³-hybridized carbons (Fsp3) is 0.133. The number of sulfonamides is 1. The molecule has 0 radical (unpaired) electrons. The Kier molecular flexibility index (Phi) is 4.07. The van der Waals surface area contributed by atoms with E-state index in [-0.39, 0.29) is 9.77 Å². The van der Waals surface area contributed by atoms with Crippen molar-refractivity contribution in [3.05, 3.63) is 56.1 Å². The number of hydrogen-bond donors (Lipinski definition) is 1. The largest absolute Gasteiger partial charge is 0.307 e. The van der Waals surface area contributed by atoms with Gasteiger partial charge in [0.25, 0.3) is 10.0 Å². The molecule has 0 saturated carbocycles. The zero-order valence-electron chi connectivity index (χ0n) is 12.3. The average Bonchev–Trinajstić information content (AvgIpc) is 2.77. The zero-order chi connectivity index (χ0) is 16.8. The van der Waals surface area contributed by atoms with E-state index in [1.54, 1.807) is 19.2 Å². The topological polar surface area (TPSA) is 68.2 Å². The van der Waals surface area contributed by atoms with Crippen molar-refractivity contribution in [2.45, 2.75) is 11.8 Å². The maximum atomic E-state index is 12.6. The third-order valence-electron chi connectivity index (χ3n) is 3.44. The quantitative estimate of drug-likeness (QED) is 0.715. The predicted octanol–water partition coefficient (Wildman–Crippen LogP) is 3.47. The molecule has 3 rings (SSSR count). The second kappa shape index (κ2) is 5.77. The number of nitrogens with one attached hydrogen (secondary N) is 1. The summed E-state index contributed by atoms with van der Waals surface area (Å²) >= 11 is 4.38. The molecule has 0 atom stereocenters. The molecule has 0 saturated heterocycles. The SMILES string of the molecule is Cc1ccc(NS(=O)(=O)c2ccc3c(c2)sc(=O)n3C)c(Br)c1. The predicted molar refractivity (Wildman–Crippen MR) is 96.8 cm³/mol. The van der Waals surface area contributed by atoms with Gasteiger partial charge in [0.1, 0.15) is 0 Å². The molecule has 8 heteroatoms.